The lowest BCUT2D eigenvalue weighted by molar-refractivity contribution is 0.306. The van der Waals surface area contributed by atoms with Gasteiger partial charge < -0.3 is 10.5 Å². The molecular weight excluding hydrogens is 297 g/mol. The maximum atomic E-state index is 12.9. The fourth-order valence-corrected chi connectivity index (χ4v) is 2.09. The Morgan fingerprint density at radius 1 is 1.20 bits per heavy atom. The Bertz CT molecular complexity index is 616. The molecule has 0 atom stereocenters. The molecule has 5 heteroatoms. The summed E-state index contributed by atoms with van der Waals surface area (Å²) in [6, 6.07) is 11.7. The molecule has 0 aliphatic heterocycles. The highest BCUT2D eigenvalue weighted by Crippen LogP contribution is 2.20. The van der Waals surface area contributed by atoms with Gasteiger partial charge in [0.15, 0.2) is 0 Å². The highest BCUT2D eigenvalue weighted by Gasteiger charge is 2.03. The highest BCUT2D eigenvalue weighted by molar-refractivity contribution is 7.80. The second-order valence-electron chi connectivity index (χ2n) is 4.31. The Morgan fingerprint density at radius 2 is 1.90 bits per heavy atom. The van der Waals surface area contributed by atoms with Gasteiger partial charge in [0.25, 0.3) is 0 Å². The fraction of sp³-hybridized carbons (Fsp3) is 0.133. The molecular formula is C15H13ClFNOS. The van der Waals surface area contributed by atoms with Crippen molar-refractivity contribution in [2.24, 2.45) is 5.73 Å². The van der Waals surface area contributed by atoms with Gasteiger partial charge in [0.2, 0.25) is 0 Å². The number of thiocarbonyl (C=S) groups is 1. The topological polar surface area (TPSA) is 35.2 Å². The maximum Gasteiger partial charge on any atom is 0.124 e. The number of hydrogen-bond acceptors (Lipinski definition) is 2. The van der Waals surface area contributed by atoms with E-state index in [-0.39, 0.29) is 12.4 Å². The van der Waals surface area contributed by atoms with Crippen LogP contribution in [0.25, 0.3) is 0 Å². The van der Waals surface area contributed by atoms with E-state index in [1.165, 1.54) is 12.1 Å². The van der Waals surface area contributed by atoms with Crippen LogP contribution in [0.2, 0.25) is 5.02 Å². The lowest BCUT2D eigenvalue weighted by Gasteiger charge is -2.08. The van der Waals surface area contributed by atoms with Gasteiger partial charge in [-0.25, -0.2) is 4.39 Å². The number of ether oxygens (including phenoxy) is 1. The van der Waals surface area contributed by atoms with E-state index in [1.54, 1.807) is 6.07 Å². The van der Waals surface area contributed by atoms with Crippen molar-refractivity contribution in [1.29, 1.82) is 0 Å². The first-order chi connectivity index (χ1) is 9.54. The Kier molecular flexibility index (Phi) is 4.93. The molecule has 2 rings (SSSR count). The molecule has 0 saturated heterocycles. The van der Waals surface area contributed by atoms with Crippen LogP contribution in [-0.4, -0.2) is 4.99 Å². The fourth-order valence-electron chi connectivity index (χ4n) is 1.70. The minimum atomic E-state index is -0.360. The van der Waals surface area contributed by atoms with Gasteiger partial charge in [-0.3, -0.25) is 0 Å². The lowest BCUT2D eigenvalue weighted by Crippen LogP contribution is -2.10. The summed E-state index contributed by atoms with van der Waals surface area (Å²) in [5.74, 6) is 0.345. The Hall–Kier alpha value is -1.65. The van der Waals surface area contributed by atoms with Gasteiger partial charge in [-0.1, -0.05) is 42.0 Å². The van der Waals surface area contributed by atoms with E-state index in [0.717, 1.165) is 11.1 Å². The molecule has 0 aliphatic rings. The van der Waals surface area contributed by atoms with Crippen LogP contribution in [-0.2, 0) is 13.0 Å². The van der Waals surface area contributed by atoms with E-state index in [1.807, 2.05) is 24.3 Å². The largest absolute Gasteiger partial charge is 0.489 e. The molecule has 0 radical (unpaired) electrons. The zero-order valence-corrected chi connectivity index (χ0v) is 12.2. The summed E-state index contributed by atoms with van der Waals surface area (Å²) in [6.07, 6.45) is 0.569. The van der Waals surface area contributed by atoms with Crippen molar-refractivity contribution < 1.29 is 9.13 Å². The molecule has 0 aliphatic carbocycles. The normalized spacial score (nSPS) is 10.3. The molecule has 2 aromatic carbocycles. The molecule has 0 saturated carbocycles. The van der Waals surface area contributed by atoms with E-state index < -0.39 is 0 Å². The van der Waals surface area contributed by atoms with Gasteiger partial charge in [-0.2, -0.15) is 0 Å². The van der Waals surface area contributed by atoms with E-state index >= 15 is 0 Å². The van der Waals surface area contributed by atoms with Gasteiger partial charge in [0.1, 0.15) is 18.2 Å². The van der Waals surface area contributed by atoms with Crippen molar-refractivity contribution in [1.82, 2.24) is 0 Å². The van der Waals surface area contributed by atoms with E-state index in [0.29, 0.717) is 22.2 Å². The third-order valence-electron chi connectivity index (χ3n) is 2.71. The summed E-state index contributed by atoms with van der Waals surface area (Å²) in [5.41, 5.74) is 7.25. The molecule has 0 bridgehead atoms. The van der Waals surface area contributed by atoms with Gasteiger partial charge in [-0.05, 0) is 29.8 Å². The second-order valence-corrected chi connectivity index (χ2v) is 5.24. The van der Waals surface area contributed by atoms with Crippen molar-refractivity contribution >= 4 is 28.8 Å². The lowest BCUT2D eigenvalue weighted by atomic mass is 10.1. The number of halogens is 2. The predicted molar refractivity (Wildman–Crippen MR) is 82.7 cm³/mol. The zero-order chi connectivity index (χ0) is 14.5. The third-order valence-corrected chi connectivity index (χ3v) is 3.21. The molecule has 0 aromatic heterocycles. The van der Waals surface area contributed by atoms with E-state index in [4.69, 9.17) is 34.3 Å². The van der Waals surface area contributed by atoms with Crippen molar-refractivity contribution in [2.45, 2.75) is 13.0 Å². The van der Waals surface area contributed by atoms with Gasteiger partial charge in [-0.15, -0.1) is 0 Å². The molecule has 0 unspecified atom stereocenters. The van der Waals surface area contributed by atoms with Crippen LogP contribution in [0.1, 0.15) is 11.1 Å². The Labute approximate surface area is 127 Å². The number of rotatable bonds is 5. The minimum Gasteiger partial charge on any atom is -0.489 e. The average Bonchev–Trinajstić information content (AvgIpc) is 2.39. The van der Waals surface area contributed by atoms with Gasteiger partial charge >= 0.3 is 0 Å². The van der Waals surface area contributed by atoms with Gasteiger partial charge in [0, 0.05) is 12.0 Å². The zero-order valence-electron chi connectivity index (χ0n) is 10.6. The van der Waals surface area contributed by atoms with Crippen molar-refractivity contribution in [2.75, 3.05) is 0 Å². The quantitative estimate of drug-likeness (QED) is 0.851. The van der Waals surface area contributed by atoms with Crippen LogP contribution in [0.4, 0.5) is 4.39 Å². The summed E-state index contributed by atoms with van der Waals surface area (Å²) in [4.78, 5) is 0.455. The summed E-state index contributed by atoms with van der Waals surface area (Å²) in [6.45, 7) is 0.285. The van der Waals surface area contributed by atoms with Crippen molar-refractivity contribution in [3.05, 3.63) is 64.4 Å². The first-order valence-corrected chi connectivity index (χ1v) is 6.77. The summed E-state index contributed by atoms with van der Waals surface area (Å²) >= 11 is 10.8. The first kappa shape index (κ1) is 14.8. The van der Waals surface area contributed by atoms with Crippen molar-refractivity contribution in [3.63, 3.8) is 0 Å². The van der Waals surface area contributed by atoms with Crippen LogP contribution >= 0.6 is 23.8 Å². The first-order valence-electron chi connectivity index (χ1n) is 5.98. The molecule has 2 aromatic rings. The SMILES string of the molecule is NC(=S)Cc1ccc(OCc2ccc(F)cc2Cl)cc1. The van der Waals surface area contributed by atoms with Crippen LogP contribution in [0.15, 0.2) is 42.5 Å². The second kappa shape index (κ2) is 6.68. The standard InChI is InChI=1S/C15H13ClFNOS/c16-14-8-12(17)4-3-11(14)9-19-13-5-1-10(2-6-13)7-15(18)20/h1-6,8H,7,9H2,(H2,18,20). The van der Waals surface area contributed by atoms with Crippen LogP contribution in [0.3, 0.4) is 0 Å². The maximum absolute atomic E-state index is 12.9. The van der Waals surface area contributed by atoms with Gasteiger partial charge in [0.05, 0.1) is 10.0 Å². The van der Waals surface area contributed by atoms with Crippen molar-refractivity contribution in [3.8, 4) is 5.75 Å². The average molecular weight is 310 g/mol. The van der Waals surface area contributed by atoms with Crippen LogP contribution in [0.5, 0.6) is 5.75 Å². The number of nitrogens with two attached hydrogens (primary N) is 1. The highest BCUT2D eigenvalue weighted by atomic mass is 35.5. The van der Waals surface area contributed by atoms with Crippen LogP contribution < -0.4 is 10.5 Å². The van der Waals surface area contributed by atoms with Crippen LogP contribution in [0, 0.1) is 5.82 Å². The summed E-state index contributed by atoms with van der Waals surface area (Å²) in [7, 11) is 0. The van der Waals surface area contributed by atoms with E-state index in [2.05, 4.69) is 0 Å². The molecule has 2 nitrogen and oxygen atoms in total. The Balaban J connectivity index is 1.98. The number of hydrogen-bond donors (Lipinski definition) is 1. The monoisotopic (exact) mass is 309 g/mol. The molecule has 0 amide bonds. The minimum absolute atomic E-state index is 0.285. The number of benzene rings is 2. The predicted octanol–water partition coefficient (Wildman–Crippen LogP) is 3.89. The molecule has 0 heterocycles. The summed E-state index contributed by atoms with van der Waals surface area (Å²) in [5, 5.41) is 0.357. The molecule has 2 N–H and O–H groups in total. The molecule has 104 valence electrons. The summed E-state index contributed by atoms with van der Waals surface area (Å²) < 4.78 is 18.5. The van der Waals surface area contributed by atoms with E-state index in [9.17, 15) is 4.39 Å². The molecule has 0 fully saturated rings. The smallest absolute Gasteiger partial charge is 0.124 e. The third kappa shape index (κ3) is 4.18. The molecule has 20 heavy (non-hydrogen) atoms. The molecule has 0 spiro atoms. The Morgan fingerprint density at radius 3 is 2.50 bits per heavy atom.